The van der Waals surface area contributed by atoms with Crippen LogP contribution in [0.3, 0.4) is 0 Å². The van der Waals surface area contributed by atoms with Crippen molar-refractivity contribution >= 4 is 31.9 Å². The van der Waals surface area contributed by atoms with E-state index in [9.17, 15) is 0 Å². The molecule has 0 aromatic heterocycles. The van der Waals surface area contributed by atoms with E-state index >= 15 is 0 Å². The lowest BCUT2D eigenvalue weighted by atomic mass is 9.96. The highest BCUT2D eigenvalue weighted by Crippen LogP contribution is 2.31. The van der Waals surface area contributed by atoms with Gasteiger partial charge in [0.15, 0.2) is 0 Å². The van der Waals surface area contributed by atoms with E-state index in [1.165, 1.54) is 5.56 Å². The molecule has 0 heterocycles. The highest BCUT2D eigenvalue weighted by molar-refractivity contribution is 9.10. The Morgan fingerprint density at radius 3 is 2.04 bits per heavy atom. The number of hydrogen-bond acceptors (Lipinski definition) is 3. The predicted molar refractivity (Wildman–Crippen MR) is 109 cm³/mol. The number of methoxy groups -OCH3 is 2. The first kappa shape index (κ1) is 20.1. The van der Waals surface area contributed by atoms with E-state index in [1.807, 2.05) is 30.3 Å². The first-order valence-corrected chi connectivity index (χ1v) is 9.84. The van der Waals surface area contributed by atoms with E-state index in [0.29, 0.717) is 5.92 Å². The summed E-state index contributed by atoms with van der Waals surface area (Å²) < 4.78 is 18.5. The Labute approximate surface area is 166 Å². The molecule has 0 aliphatic carbocycles. The van der Waals surface area contributed by atoms with Crippen LogP contribution >= 0.6 is 31.9 Å². The van der Waals surface area contributed by atoms with E-state index < -0.39 is 0 Å². The van der Waals surface area contributed by atoms with E-state index in [0.717, 1.165) is 39.0 Å². The minimum absolute atomic E-state index is 0.122. The van der Waals surface area contributed by atoms with Gasteiger partial charge < -0.3 is 14.2 Å². The van der Waals surface area contributed by atoms with Crippen LogP contribution in [-0.4, -0.2) is 20.3 Å². The van der Waals surface area contributed by atoms with Crippen LogP contribution in [0, 0.1) is 5.92 Å². The average molecular weight is 472 g/mol. The van der Waals surface area contributed by atoms with Gasteiger partial charge in [0.2, 0.25) is 0 Å². The fraction of sp³-hybridized carbons (Fsp3) is 0.400. The molecule has 25 heavy (non-hydrogen) atoms. The van der Waals surface area contributed by atoms with Crippen molar-refractivity contribution in [2.24, 2.45) is 5.92 Å². The fourth-order valence-electron chi connectivity index (χ4n) is 2.81. The molecule has 0 fully saturated rings. The molecule has 2 aromatic rings. The molecule has 0 bridgehead atoms. The summed E-state index contributed by atoms with van der Waals surface area (Å²) in [5, 5.41) is 0. The average Bonchev–Trinajstić information content (AvgIpc) is 2.58. The molecule has 0 saturated carbocycles. The van der Waals surface area contributed by atoms with Gasteiger partial charge in [0.1, 0.15) is 17.2 Å². The summed E-state index contributed by atoms with van der Waals surface area (Å²) in [4.78, 5) is 0. The summed E-state index contributed by atoms with van der Waals surface area (Å²) in [7, 11) is 3.34. The summed E-state index contributed by atoms with van der Waals surface area (Å²) in [6.07, 6.45) is 2.08. The second-order valence-electron chi connectivity index (χ2n) is 6.23. The van der Waals surface area contributed by atoms with Crippen LogP contribution in [0.15, 0.2) is 45.3 Å². The van der Waals surface area contributed by atoms with Gasteiger partial charge in [-0.15, -0.1) is 0 Å². The van der Waals surface area contributed by atoms with Gasteiger partial charge in [-0.25, -0.2) is 0 Å². The highest BCUT2D eigenvalue weighted by Gasteiger charge is 2.14. The molecule has 5 heteroatoms. The van der Waals surface area contributed by atoms with Crippen molar-refractivity contribution in [1.82, 2.24) is 0 Å². The summed E-state index contributed by atoms with van der Waals surface area (Å²) in [5.41, 5.74) is 1.28. The molecule has 0 aliphatic heterocycles. The van der Waals surface area contributed by atoms with Crippen LogP contribution in [0.25, 0.3) is 0 Å². The summed E-state index contributed by atoms with van der Waals surface area (Å²) >= 11 is 7.17. The van der Waals surface area contributed by atoms with E-state index in [4.69, 9.17) is 14.2 Å². The first-order chi connectivity index (χ1) is 11.9. The lowest BCUT2D eigenvalue weighted by Crippen LogP contribution is -2.17. The van der Waals surface area contributed by atoms with Crippen LogP contribution < -0.4 is 14.2 Å². The van der Waals surface area contributed by atoms with E-state index in [2.05, 4.69) is 51.8 Å². The Morgan fingerprint density at radius 1 is 0.880 bits per heavy atom. The second-order valence-corrected chi connectivity index (χ2v) is 7.94. The lowest BCUT2D eigenvalue weighted by molar-refractivity contribution is 0.187. The Morgan fingerprint density at radius 2 is 1.48 bits per heavy atom. The van der Waals surface area contributed by atoms with Gasteiger partial charge in [-0.2, -0.15) is 0 Å². The van der Waals surface area contributed by atoms with Crippen LogP contribution in [0.5, 0.6) is 17.2 Å². The van der Waals surface area contributed by atoms with Gasteiger partial charge in [0.05, 0.1) is 24.8 Å². The topological polar surface area (TPSA) is 27.7 Å². The maximum atomic E-state index is 6.09. The molecule has 2 atom stereocenters. The molecule has 0 radical (unpaired) electrons. The smallest absolute Gasteiger partial charge is 0.134 e. The monoisotopic (exact) mass is 470 g/mol. The van der Waals surface area contributed by atoms with Crippen molar-refractivity contribution in [2.45, 2.75) is 32.8 Å². The fourth-order valence-corrected chi connectivity index (χ4v) is 3.79. The largest absolute Gasteiger partial charge is 0.497 e. The molecule has 0 unspecified atom stereocenters. The van der Waals surface area contributed by atoms with Gasteiger partial charge in [0, 0.05) is 4.47 Å². The van der Waals surface area contributed by atoms with Crippen molar-refractivity contribution in [2.75, 3.05) is 14.2 Å². The molecule has 0 amide bonds. The Bertz CT molecular complexity index is 644. The second kappa shape index (κ2) is 9.48. The predicted octanol–water partition coefficient (Wildman–Crippen LogP) is 6.27. The zero-order valence-corrected chi connectivity index (χ0v) is 18.2. The summed E-state index contributed by atoms with van der Waals surface area (Å²) in [6.45, 7) is 4.36. The van der Waals surface area contributed by atoms with Gasteiger partial charge >= 0.3 is 0 Å². The third-order valence-electron chi connectivity index (χ3n) is 4.03. The zero-order valence-electron chi connectivity index (χ0n) is 15.0. The summed E-state index contributed by atoms with van der Waals surface area (Å²) in [6, 6.07) is 11.9. The van der Waals surface area contributed by atoms with E-state index in [-0.39, 0.29) is 6.10 Å². The molecule has 0 spiro atoms. The SMILES string of the molecule is COc1ccc(C[C@@H](C)C[C@H](C)Oc2ccc(OC)cc2Br)c(Br)c1. The van der Waals surface area contributed by atoms with Gasteiger partial charge in [-0.05, 0) is 77.5 Å². The van der Waals surface area contributed by atoms with Gasteiger partial charge in [-0.3, -0.25) is 0 Å². The summed E-state index contributed by atoms with van der Waals surface area (Å²) in [5.74, 6) is 3.01. The molecule has 2 aromatic carbocycles. The number of rotatable bonds is 8. The molecule has 3 nitrogen and oxygen atoms in total. The van der Waals surface area contributed by atoms with Crippen LogP contribution in [-0.2, 0) is 6.42 Å². The number of hydrogen-bond donors (Lipinski definition) is 0. The Balaban J connectivity index is 1.92. The number of halogens is 2. The van der Waals surface area contributed by atoms with Crippen molar-refractivity contribution in [3.8, 4) is 17.2 Å². The Hall–Kier alpha value is -1.20. The molecule has 0 saturated heterocycles. The van der Waals surface area contributed by atoms with Crippen molar-refractivity contribution < 1.29 is 14.2 Å². The van der Waals surface area contributed by atoms with Crippen molar-refractivity contribution in [1.29, 1.82) is 0 Å². The minimum atomic E-state index is 0.122. The Kier molecular flexibility index (Phi) is 7.63. The molecule has 0 aliphatic rings. The maximum absolute atomic E-state index is 6.09. The highest BCUT2D eigenvalue weighted by atomic mass is 79.9. The molecular weight excluding hydrogens is 448 g/mol. The number of ether oxygens (including phenoxy) is 3. The standard InChI is InChI=1S/C20H24Br2O3/c1-13(10-15-5-6-16(23-3)11-18(15)21)9-14(2)25-20-8-7-17(24-4)12-19(20)22/h5-8,11-14H,9-10H2,1-4H3/t13-,14-/m0/s1. The van der Waals surface area contributed by atoms with Crippen LogP contribution in [0.2, 0.25) is 0 Å². The quantitative estimate of drug-likeness (QED) is 0.454. The maximum Gasteiger partial charge on any atom is 0.134 e. The molecular formula is C20H24Br2O3. The third-order valence-corrected chi connectivity index (χ3v) is 5.39. The third kappa shape index (κ3) is 5.93. The number of benzene rings is 2. The van der Waals surface area contributed by atoms with E-state index in [1.54, 1.807) is 14.2 Å². The van der Waals surface area contributed by atoms with Crippen molar-refractivity contribution in [3.05, 3.63) is 50.9 Å². The van der Waals surface area contributed by atoms with Gasteiger partial charge in [0.25, 0.3) is 0 Å². The molecule has 0 N–H and O–H groups in total. The lowest BCUT2D eigenvalue weighted by Gasteiger charge is -2.20. The normalized spacial score (nSPS) is 13.2. The molecule has 2 rings (SSSR count). The zero-order chi connectivity index (χ0) is 18.4. The van der Waals surface area contributed by atoms with Crippen molar-refractivity contribution in [3.63, 3.8) is 0 Å². The minimum Gasteiger partial charge on any atom is -0.497 e. The molecule has 136 valence electrons. The van der Waals surface area contributed by atoms with Crippen LogP contribution in [0.1, 0.15) is 25.8 Å². The van der Waals surface area contributed by atoms with Crippen LogP contribution in [0.4, 0.5) is 0 Å². The first-order valence-electron chi connectivity index (χ1n) is 8.25. The van der Waals surface area contributed by atoms with Gasteiger partial charge in [-0.1, -0.05) is 28.9 Å².